The number of nitrogens with one attached hydrogen (secondary N) is 1. The molecule has 3 aromatic rings. The van der Waals surface area contributed by atoms with Crippen LogP contribution in [-0.4, -0.2) is 29.8 Å². The number of esters is 1. The lowest BCUT2D eigenvalue weighted by Crippen LogP contribution is -2.17. The Bertz CT molecular complexity index is 1230. The number of carbonyl (C=O) groups excluding carboxylic acids is 2. The van der Waals surface area contributed by atoms with Gasteiger partial charge in [0.25, 0.3) is 5.91 Å². The van der Waals surface area contributed by atoms with E-state index in [1.165, 1.54) is 30.3 Å². The molecule has 0 unspecified atom stereocenters. The third-order valence-electron chi connectivity index (χ3n) is 4.43. The van der Waals surface area contributed by atoms with Crippen LogP contribution in [0, 0.1) is 10.1 Å². The van der Waals surface area contributed by atoms with Crippen molar-refractivity contribution in [2.45, 2.75) is 0 Å². The van der Waals surface area contributed by atoms with E-state index >= 15 is 0 Å². The van der Waals surface area contributed by atoms with Gasteiger partial charge in [0.15, 0.2) is 11.5 Å². The van der Waals surface area contributed by atoms with Gasteiger partial charge in [-0.05, 0) is 36.4 Å². The molecule has 1 amide bonds. The molecule has 3 aromatic carbocycles. The van der Waals surface area contributed by atoms with E-state index in [1.807, 2.05) is 0 Å². The molecule has 0 bridgehead atoms. The van der Waals surface area contributed by atoms with Crippen LogP contribution < -0.4 is 19.6 Å². The normalized spacial score (nSPS) is 11.9. The van der Waals surface area contributed by atoms with Crippen molar-refractivity contribution < 1.29 is 28.7 Å². The summed E-state index contributed by atoms with van der Waals surface area (Å²) in [6.45, 7) is 0.0350. The zero-order chi connectivity index (χ0) is 22.5. The maximum Gasteiger partial charge on any atom is 0.343 e. The molecular formula is C22H15N3O7. The number of rotatable bonds is 6. The van der Waals surface area contributed by atoms with Crippen molar-refractivity contribution in [3.8, 4) is 17.2 Å². The second-order valence-electron chi connectivity index (χ2n) is 6.48. The van der Waals surface area contributed by atoms with Gasteiger partial charge in [-0.3, -0.25) is 14.9 Å². The highest BCUT2D eigenvalue weighted by atomic mass is 16.7. The second kappa shape index (κ2) is 8.96. The van der Waals surface area contributed by atoms with Gasteiger partial charge in [0.1, 0.15) is 0 Å². The van der Waals surface area contributed by atoms with Gasteiger partial charge in [-0.25, -0.2) is 10.2 Å². The molecule has 10 nitrogen and oxygen atoms in total. The van der Waals surface area contributed by atoms with Gasteiger partial charge in [0.05, 0.1) is 16.7 Å². The summed E-state index contributed by atoms with van der Waals surface area (Å²) >= 11 is 0. The molecule has 1 heterocycles. The summed E-state index contributed by atoms with van der Waals surface area (Å²) in [6, 6.07) is 16.9. The SMILES string of the molecule is O=C(N/N=C/c1cccc([N+](=O)[O-])c1OC(=O)c1ccc2c(c1)OCO2)c1ccccc1. The number of hydrogen-bond donors (Lipinski definition) is 1. The number of para-hydroxylation sites is 1. The number of nitro groups is 1. The number of ether oxygens (including phenoxy) is 3. The Morgan fingerprint density at radius 1 is 1.00 bits per heavy atom. The Balaban J connectivity index is 1.57. The summed E-state index contributed by atoms with van der Waals surface area (Å²) in [7, 11) is 0. The van der Waals surface area contributed by atoms with E-state index in [4.69, 9.17) is 14.2 Å². The molecule has 4 rings (SSSR count). The number of nitro benzene ring substituents is 1. The third-order valence-corrected chi connectivity index (χ3v) is 4.43. The van der Waals surface area contributed by atoms with Crippen molar-refractivity contribution in [1.29, 1.82) is 0 Å². The number of hydrogen-bond acceptors (Lipinski definition) is 8. The van der Waals surface area contributed by atoms with Crippen molar-refractivity contribution in [1.82, 2.24) is 5.43 Å². The Labute approximate surface area is 181 Å². The van der Waals surface area contributed by atoms with Crippen LogP contribution in [0.1, 0.15) is 26.3 Å². The lowest BCUT2D eigenvalue weighted by atomic mass is 10.1. The van der Waals surface area contributed by atoms with Crippen LogP contribution in [0.2, 0.25) is 0 Å². The third kappa shape index (κ3) is 4.38. The zero-order valence-electron chi connectivity index (χ0n) is 16.4. The molecular weight excluding hydrogens is 418 g/mol. The molecule has 32 heavy (non-hydrogen) atoms. The molecule has 0 spiro atoms. The Kier molecular flexibility index (Phi) is 5.75. The van der Waals surface area contributed by atoms with Crippen molar-refractivity contribution in [2.24, 2.45) is 5.10 Å². The summed E-state index contributed by atoms with van der Waals surface area (Å²) in [4.78, 5) is 35.6. The maximum atomic E-state index is 12.7. The predicted octanol–water partition coefficient (Wildman–Crippen LogP) is 3.31. The van der Waals surface area contributed by atoms with E-state index in [2.05, 4.69) is 10.5 Å². The van der Waals surface area contributed by atoms with Crippen LogP contribution in [0.3, 0.4) is 0 Å². The first-order chi connectivity index (χ1) is 15.5. The van der Waals surface area contributed by atoms with Gasteiger partial charge in [-0.2, -0.15) is 5.10 Å². The van der Waals surface area contributed by atoms with E-state index in [0.29, 0.717) is 17.1 Å². The van der Waals surface area contributed by atoms with Crippen molar-refractivity contribution in [3.05, 3.63) is 93.5 Å². The first-order valence-corrected chi connectivity index (χ1v) is 9.30. The van der Waals surface area contributed by atoms with Gasteiger partial charge < -0.3 is 14.2 Å². The summed E-state index contributed by atoms with van der Waals surface area (Å²) in [5.41, 5.74) is 2.53. The Morgan fingerprint density at radius 2 is 1.78 bits per heavy atom. The summed E-state index contributed by atoms with van der Waals surface area (Å²) in [5, 5.41) is 15.3. The average molecular weight is 433 g/mol. The van der Waals surface area contributed by atoms with E-state index < -0.39 is 22.5 Å². The quantitative estimate of drug-likeness (QED) is 0.208. The molecule has 0 saturated carbocycles. The number of carbonyl (C=O) groups is 2. The fourth-order valence-electron chi connectivity index (χ4n) is 2.89. The monoisotopic (exact) mass is 433 g/mol. The van der Waals surface area contributed by atoms with Gasteiger partial charge in [0, 0.05) is 17.2 Å². The standard InChI is InChI=1S/C22H15N3O7/c26-21(14-5-2-1-3-6-14)24-23-12-16-7-4-8-17(25(28)29)20(16)32-22(27)15-9-10-18-19(11-15)31-13-30-18/h1-12H,13H2,(H,24,26)/b23-12+. The van der Waals surface area contributed by atoms with Crippen LogP contribution in [0.15, 0.2) is 71.8 Å². The Hall–Kier alpha value is -4.73. The first kappa shape index (κ1) is 20.5. The molecule has 0 radical (unpaired) electrons. The lowest BCUT2D eigenvalue weighted by molar-refractivity contribution is -0.385. The summed E-state index contributed by atoms with van der Waals surface area (Å²) in [6.07, 6.45) is 1.16. The topological polar surface area (TPSA) is 129 Å². The van der Waals surface area contributed by atoms with Gasteiger partial charge >= 0.3 is 11.7 Å². The van der Waals surface area contributed by atoms with Crippen molar-refractivity contribution in [2.75, 3.05) is 6.79 Å². The van der Waals surface area contributed by atoms with Crippen LogP contribution in [-0.2, 0) is 0 Å². The fraction of sp³-hybridized carbons (Fsp3) is 0.0455. The molecule has 0 aromatic heterocycles. The molecule has 0 saturated heterocycles. The lowest BCUT2D eigenvalue weighted by Gasteiger charge is -2.08. The molecule has 10 heteroatoms. The van der Waals surface area contributed by atoms with Gasteiger partial charge in [-0.1, -0.05) is 24.3 Å². The van der Waals surface area contributed by atoms with Crippen molar-refractivity contribution in [3.63, 3.8) is 0 Å². The van der Waals surface area contributed by atoms with E-state index in [9.17, 15) is 19.7 Å². The van der Waals surface area contributed by atoms with Crippen molar-refractivity contribution >= 4 is 23.8 Å². The number of amides is 1. The minimum Gasteiger partial charge on any atom is -0.454 e. The van der Waals surface area contributed by atoms with E-state index in [1.54, 1.807) is 36.4 Å². The number of fused-ring (bicyclic) bond motifs is 1. The summed E-state index contributed by atoms with van der Waals surface area (Å²) < 4.78 is 15.8. The smallest absolute Gasteiger partial charge is 0.343 e. The van der Waals surface area contributed by atoms with E-state index in [-0.39, 0.29) is 23.7 Å². The number of nitrogens with zero attached hydrogens (tertiary/aromatic N) is 2. The number of hydrazone groups is 1. The molecule has 1 aliphatic heterocycles. The van der Waals surface area contributed by atoms with E-state index in [0.717, 1.165) is 6.21 Å². The van der Waals surface area contributed by atoms with Crippen LogP contribution in [0.4, 0.5) is 5.69 Å². The number of benzene rings is 3. The molecule has 0 atom stereocenters. The predicted molar refractivity (Wildman–Crippen MR) is 112 cm³/mol. The molecule has 1 aliphatic rings. The molecule has 1 N–H and O–H groups in total. The maximum absolute atomic E-state index is 12.7. The van der Waals surface area contributed by atoms with Crippen LogP contribution >= 0.6 is 0 Å². The molecule has 0 aliphatic carbocycles. The highest BCUT2D eigenvalue weighted by molar-refractivity contribution is 5.96. The molecule has 160 valence electrons. The van der Waals surface area contributed by atoms with Crippen LogP contribution in [0.5, 0.6) is 17.2 Å². The van der Waals surface area contributed by atoms with Gasteiger partial charge in [-0.15, -0.1) is 0 Å². The summed E-state index contributed by atoms with van der Waals surface area (Å²) in [5.74, 6) is -0.758. The van der Waals surface area contributed by atoms with Crippen LogP contribution in [0.25, 0.3) is 0 Å². The average Bonchev–Trinajstić information content (AvgIpc) is 3.28. The first-order valence-electron chi connectivity index (χ1n) is 9.30. The Morgan fingerprint density at radius 3 is 2.56 bits per heavy atom. The zero-order valence-corrected chi connectivity index (χ0v) is 16.4. The largest absolute Gasteiger partial charge is 0.454 e. The minimum atomic E-state index is -0.833. The fourth-order valence-corrected chi connectivity index (χ4v) is 2.89. The minimum absolute atomic E-state index is 0.0350. The second-order valence-corrected chi connectivity index (χ2v) is 6.48. The van der Waals surface area contributed by atoms with Gasteiger partial charge in [0.2, 0.25) is 12.5 Å². The highest BCUT2D eigenvalue weighted by Crippen LogP contribution is 2.34. The highest BCUT2D eigenvalue weighted by Gasteiger charge is 2.24. The molecule has 0 fully saturated rings.